The third-order valence-electron chi connectivity index (χ3n) is 3.30. The van der Waals surface area contributed by atoms with E-state index in [1.54, 1.807) is 12.1 Å². The van der Waals surface area contributed by atoms with Crippen molar-refractivity contribution in [3.8, 4) is 17.2 Å². The zero-order valence-electron chi connectivity index (χ0n) is 13.4. The maximum atomic E-state index is 12.5. The summed E-state index contributed by atoms with van der Waals surface area (Å²) < 4.78 is 15.6. The summed E-state index contributed by atoms with van der Waals surface area (Å²) in [6.07, 6.45) is 0. The lowest BCUT2D eigenvalue weighted by Crippen LogP contribution is -2.15. The molecule has 0 saturated heterocycles. The van der Waals surface area contributed by atoms with Crippen LogP contribution in [0.3, 0.4) is 0 Å². The number of carbonyl (C=O) groups excluding carboxylic acids is 1. The van der Waals surface area contributed by atoms with E-state index < -0.39 is 10.8 Å². The van der Waals surface area contributed by atoms with Gasteiger partial charge in [-0.3, -0.25) is 14.9 Å². The Labute approximate surface area is 138 Å². The first-order valence-corrected chi connectivity index (χ1v) is 6.87. The molecular weight excluding hydrogens is 316 g/mol. The van der Waals surface area contributed by atoms with Gasteiger partial charge in [-0.25, -0.2) is 0 Å². The van der Waals surface area contributed by atoms with Crippen LogP contribution < -0.4 is 19.5 Å². The van der Waals surface area contributed by atoms with Crippen molar-refractivity contribution in [2.24, 2.45) is 0 Å². The second-order valence-corrected chi connectivity index (χ2v) is 4.61. The molecule has 24 heavy (non-hydrogen) atoms. The SMILES string of the molecule is COc1ccc(C(=O)Nc2ccccc2[N+](=O)[O-])c(OC)c1OC. The molecule has 2 rings (SSSR count). The summed E-state index contributed by atoms with van der Waals surface area (Å²) in [7, 11) is 4.27. The molecule has 0 radical (unpaired) electrons. The minimum absolute atomic E-state index is 0.0873. The highest BCUT2D eigenvalue weighted by Crippen LogP contribution is 2.40. The number of ether oxygens (including phenoxy) is 3. The van der Waals surface area contributed by atoms with Crippen LogP contribution in [0, 0.1) is 10.1 Å². The molecule has 1 N–H and O–H groups in total. The molecule has 8 nitrogen and oxygen atoms in total. The van der Waals surface area contributed by atoms with Crippen LogP contribution in [0.15, 0.2) is 36.4 Å². The highest BCUT2D eigenvalue weighted by Gasteiger charge is 2.22. The summed E-state index contributed by atoms with van der Waals surface area (Å²) in [5.41, 5.74) is 0.0444. The Morgan fingerprint density at radius 3 is 2.25 bits per heavy atom. The number of nitrogens with zero attached hydrogens (tertiary/aromatic N) is 1. The number of benzene rings is 2. The van der Waals surface area contributed by atoms with Crippen molar-refractivity contribution >= 4 is 17.3 Å². The zero-order valence-corrected chi connectivity index (χ0v) is 13.4. The monoisotopic (exact) mass is 332 g/mol. The fourth-order valence-corrected chi connectivity index (χ4v) is 2.21. The van der Waals surface area contributed by atoms with E-state index in [1.165, 1.54) is 45.6 Å². The minimum atomic E-state index is -0.568. The molecule has 126 valence electrons. The Hall–Kier alpha value is -3.29. The molecule has 0 bridgehead atoms. The number of nitro benzene ring substituents is 1. The lowest BCUT2D eigenvalue weighted by Gasteiger charge is -2.15. The number of rotatable bonds is 6. The summed E-state index contributed by atoms with van der Waals surface area (Å²) in [5, 5.41) is 13.6. The van der Waals surface area contributed by atoms with Crippen molar-refractivity contribution in [3.63, 3.8) is 0 Å². The van der Waals surface area contributed by atoms with Gasteiger partial charge in [-0.15, -0.1) is 0 Å². The summed E-state index contributed by atoms with van der Waals surface area (Å²) in [5.74, 6) is 0.266. The molecule has 0 spiro atoms. The van der Waals surface area contributed by atoms with Crippen molar-refractivity contribution in [1.29, 1.82) is 0 Å². The van der Waals surface area contributed by atoms with Crippen LogP contribution >= 0.6 is 0 Å². The van der Waals surface area contributed by atoms with Crippen molar-refractivity contribution in [2.45, 2.75) is 0 Å². The van der Waals surface area contributed by atoms with E-state index in [9.17, 15) is 14.9 Å². The molecule has 0 aromatic heterocycles. The van der Waals surface area contributed by atoms with Crippen LogP contribution in [0.2, 0.25) is 0 Å². The largest absolute Gasteiger partial charge is 0.493 e. The fourth-order valence-electron chi connectivity index (χ4n) is 2.21. The molecular formula is C16H16N2O6. The number of para-hydroxylation sites is 2. The molecule has 0 saturated carbocycles. The smallest absolute Gasteiger partial charge is 0.292 e. The fraction of sp³-hybridized carbons (Fsp3) is 0.188. The minimum Gasteiger partial charge on any atom is -0.493 e. The van der Waals surface area contributed by atoms with Gasteiger partial charge in [0.2, 0.25) is 5.75 Å². The molecule has 8 heteroatoms. The summed E-state index contributed by atoms with van der Waals surface area (Å²) in [6, 6.07) is 8.91. The Morgan fingerprint density at radius 1 is 1.00 bits per heavy atom. The number of methoxy groups -OCH3 is 3. The van der Waals surface area contributed by atoms with Crippen molar-refractivity contribution < 1.29 is 23.9 Å². The summed E-state index contributed by atoms with van der Waals surface area (Å²) in [4.78, 5) is 23.0. The number of hydrogen-bond donors (Lipinski definition) is 1. The standard InChI is InChI=1S/C16H16N2O6/c1-22-13-9-8-10(14(23-2)15(13)24-3)16(19)17-11-6-4-5-7-12(11)18(20)21/h4-9H,1-3H3,(H,17,19). The summed E-state index contributed by atoms with van der Waals surface area (Å²) in [6.45, 7) is 0. The van der Waals surface area contributed by atoms with Gasteiger partial charge in [0, 0.05) is 6.07 Å². The maximum absolute atomic E-state index is 12.5. The van der Waals surface area contributed by atoms with Gasteiger partial charge in [-0.2, -0.15) is 0 Å². The van der Waals surface area contributed by atoms with Gasteiger partial charge in [0.25, 0.3) is 11.6 Å². The first kappa shape index (κ1) is 17.1. The first-order chi connectivity index (χ1) is 11.5. The average molecular weight is 332 g/mol. The third-order valence-corrected chi connectivity index (χ3v) is 3.30. The van der Waals surface area contributed by atoms with Crippen LogP contribution in [-0.4, -0.2) is 32.2 Å². The van der Waals surface area contributed by atoms with E-state index in [-0.39, 0.29) is 28.4 Å². The molecule has 1 amide bonds. The molecule has 0 aliphatic rings. The molecule has 0 heterocycles. The number of nitro groups is 1. The van der Waals surface area contributed by atoms with Gasteiger partial charge in [-0.05, 0) is 18.2 Å². The van der Waals surface area contributed by atoms with E-state index in [0.29, 0.717) is 5.75 Å². The van der Waals surface area contributed by atoms with Crippen molar-refractivity contribution in [2.75, 3.05) is 26.6 Å². The Morgan fingerprint density at radius 2 is 1.67 bits per heavy atom. The van der Waals surface area contributed by atoms with Gasteiger partial charge in [0.15, 0.2) is 11.5 Å². The lowest BCUT2D eigenvalue weighted by atomic mass is 10.1. The Kier molecular flexibility index (Phi) is 5.20. The molecule has 0 aliphatic heterocycles. The summed E-state index contributed by atoms with van der Waals surface area (Å²) >= 11 is 0. The van der Waals surface area contributed by atoms with Crippen LogP contribution in [0.4, 0.5) is 11.4 Å². The molecule has 0 unspecified atom stereocenters. The second kappa shape index (κ2) is 7.32. The lowest BCUT2D eigenvalue weighted by molar-refractivity contribution is -0.383. The average Bonchev–Trinajstić information content (AvgIpc) is 2.60. The van der Waals surface area contributed by atoms with Gasteiger partial charge in [-0.1, -0.05) is 12.1 Å². The predicted octanol–water partition coefficient (Wildman–Crippen LogP) is 2.87. The van der Waals surface area contributed by atoms with Crippen molar-refractivity contribution in [1.82, 2.24) is 0 Å². The number of amides is 1. The Balaban J connectivity index is 2.43. The number of anilines is 1. The van der Waals surface area contributed by atoms with E-state index >= 15 is 0 Å². The van der Waals surface area contributed by atoms with Gasteiger partial charge >= 0.3 is 0 Å². The first-order valence-electron chi connectivity index (χ1n) is 6.87. The zero-order chi connectivity index (χ0) is 17.7. The predicted molar refractivity (Wildman–Crippen MR) is 87.1 cm³/mol. The second-order valence-electron chi connectivity index (χ2n) is 4.61. The van der Waals surface area contributed by atoms with Crippen LogP contribution in [0.5, 0.6) is 17.2 Å². The van der Waals surface area contributed by atoms with Crippen molar-refractivity contribution in [3.05, 3.63) is 52.1 Å². The highest BCUT2D eigenvalue weighted by atomic mass is 16.6. The van der Waals surface area contributed by atoms with E-state index in [1.807, 2.05) is 0 Å². The van der Waals surface area contributed by atoms with E-state index in [0.717, 1.165) is 0 Å². The highest BCUT2D eigenvalue weighted by molar-refractivity contribution is 6.08. The van der Waals surface area contributed by atoms with E-state index in [4.69, 9.17) is 14.2 Å². The number of carbonyl (C=O) groups is 1. The molecule has 0 aliphatic carbocycles. The maximum Gasteiger partial charge on any atom is 0.292 e. The molecule has 0 atom stereocenters. The van der Waals surface area contributed by atoms with Crippen LogP contribution in [-0.2, 0) is 0 Å². The molecule has 2 aromatic rings. The quantitative estimate of drug-likeness (QED) is 0.645. The molecule has 0 fully saturated rings. The van der Waals surface area contributed by atoms with E-state index in [2.05, 4.69) is 5.32 Å². The van der Waals surface area contributed by atoms with Crippen LogP contribution in [0.1, 0.15) is 10.4 Å². The van der Waals surface area contributed by atoms with Gasteiger partial charge < -0.3 is 19.5 Å². The number of hydrogen-bond acceptors (Lipinski definition) is 6. The third kappa shape index (κ3) is 3.22. The van der Waals surface area contributed by atoms with Gasteiger partial charge in [0.05, 0.1) is 31.8 Å². The van der Waals surface area contributed by atoms with Gasteiger partial charge in [0.1, 0.15) is 5.69 Å². The van der Waals surface area contributed by atoms with Crippen LogP contribution in [0.25, 0.3) is 0 Å². The normalized spacial score (nSPS) is 9.96. The number of nitrogens with one attached hydrogen (secondary N) is 1. The Bertz CT molecular complexity index is 775. The topological polar surface area (TPSA) is 99.9 Å². The molecule has 2 aromatic carbocycles.